The van der Waals surface area contributed by atoms with Gasteiger partial charge in [0.25, 0.3) is 0 Å². The predicted molar refractivity (Wildman–Crippen MR) is 150 cm³/mol. The van der Waals surface area contributed by atoms with Gasteiger partial charge in [-0.15, -0.1) is 0 Å². The lowest BCUT2D eigenvalue weighted by Crippen LogP contribution is -2.42. The molecule has 3 heteroatoms. The molecule has 0 rings (SSSR count). The Morgan fingerprint density at radius 1 is 0.618 bits per heavy atom. The van der Waals surface area contributed by atoms with Crippen molar-refractivity contribution in [1.29, 1.82) is 0 Å². The smallest absolute Gasteiger partial charge is 0.311 e. The first kappa shape index (κ1) is 33.4. The van der Waals surface area contributed by atoms with Crippen molar-refractivity contribution in [2.75, 3.05) is 33.8 Å². The van der Waals surface area contributed by atoms with Crippen LogP contribution in [-0.4, -0.2) is 44.2 Å². The third kappa shape index (κ3) is 23.2. The minimum atomic E-state index is -0.00637. The lowest BCUT2D eigenvalue weighted by Gasteiger charge is -2.29. The van der Waals surface area contributed by atoms with E-state index in [4.69, 9.17) is 4.74 Å². The molecule has 0 aromatic rings. The number of ether oxygens (including phenoxy) is 1. The van der Waals surface area contributed by atoms with Crippen LogP contribution in [0, 0.1) is 5.92 Å². The van der Waals surface area contributed by atoms with Gasteiger partial charge in [-0.25, -0.2) is 0 Å². The minimum Gasteiger partial charge on any atom is -0.465 e. The van der Waals surface area contributed by atoms with Crippen molar-refractivity contribution in [3.05, 3.63) is 0 Å². The maximum Gasteiger partial charge on any atom is 0.311 e. The Bertz CT molecular complexity index is 435. The molecule has 0 aliphatic carbocycles. The monoisotopic (exact) mass is 482 g/mol. The standard InChI is InChI=1S/C31H64NO2/c1-6-9-11-12-13-14-15-16-17-18-19-20-21-22-23-24-27-32(4,5)28-26-31(33)34-29-30(8-3)25-10-7-2/h30H,6-29H2,1-5H3/q+1. The van der Waals surface area contributed by atoms with Crippen LogP contribution in [0.2, 0.25) is 0 Å². The first-order valence-electron chi connectivity index (χ1n) is 15.4. The zero-order valence-electron chi connectivity index (χ0n) is 24.3. The average Bonchev–Trinajstić information content (AvgIpc) is 2.82. The van der Waals surface area contributed by atoms with Crippen molar-refractivity contribution in [3.63, 3.8) is 0 Å². The van der Waals surface area contributed by atoms with E-state index >= 15 is 0 Å². The first-order valence-corrected chi connectivity index (χ1v) is 15.4. The van der Waals surface area contributed by atoms with Gasteiger partial charge in [-0.3, -0.25) is 4.79 Å². The summed E-state index contributed by atoms with van der Waals surface area (Å²) < 4.78 is 6.50. The van der Waals surface area contributed by atoms with E-state index in [9.17, 15) is 4.79 Å². The Balaban J connectivity index is 3.52. The van der Waals surface area contributed by atoms with Gasteiger partial charge in [0.15, 0.2) is 0 Å². The van der Waals surface area contributed by atoms with E-state index < -0.39 is 0 Å². The van der Waals surface area contributed by atoms with Crippen molar-refractivity contribution >= 4 is 5.97 Å². The summed E-state index contributed by atoms with van der Waals surface area (Å²) in [4.78, 5) is 12.2. The van der Waals surface area contributed by atoms with Gasteiger partial charge < -0.3 is 9.22 Å². The molecule has 1 atom stereocenters. The number of carbonyl (C=O) groups excluding carboxylic acids is 1. The molecular formula is C31H64NO2+. The summed E-state index contributed by atoms with van der Waals surface area (Å²) in [6.07, 6.45) is 27.9. The molecule has 0 amide bonds. The van der Waals surface area contributed by atoms with E-state index in [0.717, 1.165) is 17.4 Å². The maximum absolute atomic E-state index is 12.2. The van der Waals surface area contributed by atoms with Crippen molar-refractivity contribution in [2.24, 2.45) is 5.92 Å². The van der Waals surface area contributed by atoms with Crippen LogP contribution in [-0.2, 0) is 9.53 Å². The van der Waals surface area contributed by atoms with Crippen molar-refractivity contribution in [2.45, 2.75) is 156 Å². The summed E-state index contributed by atoms with van der Waals surface area (Å²) >= 11 is 0. The average molecular weight is 483 g/mol. The fourth-order valence-corrected chi connectivity index (χ4v) is 4.77. The van der Waals surface area contributed by atoms with Gasteiger partial charge in [0.2, 0.25) is 0 Å². The Morgan fingerprint density at radius 3 is 1.50 bits per heavy atom. The molecular weight excluding hydrogens is 418 g/mol. The normalized spacial score (nSPS) is 12.7. The summed E-state index contributed by atoms with van der Waals surface area (Å²) in [5.74, 6) is 0.532. The third-order valence-corrected chi connectivity index (χ3v) is 7.56. The molecule has 0 spiro atoms. The number of rotatable bonds is 26. The summed E-state index contributed by atoms with van der Waals surface area (Å²) in [6.45, 7) is 9.38. The van der Waals surface area contributed by atoms with Gasteiger partial charge >= 0.3 is 5.97 Å². The minimum absolute atomic E-state index is 0.00637. The number of hydrogen-bond donors (Lipinski definition) is 0. The number of quaternary nitrogens is 1. The number of esters is 1. The quantitative estimate of drug-likeness (QED) is 0.0697. The molecule has 0 aromatic heterocycles. The fraction of sp³-hybridized carbons (Fsp3) is 0.968. The number of unbranched alkanes of at least 4 members (excludes halogenated alkanes) is 16. The second-order valence-electron chi connectivity index (χ2n) is 11.5. The van der Waals surface area contributed by atoms with Crippen LogP contribution in [0.1, 0.15) is 156 Å². The van der Waals surface area contributed by atoms with Crippen LogP contribution >= 0.6 is 0 Å². The number of hydrogen-bond acceptors (Lipinski definition) is 2. The van der Waals surface area contributed by atoms with Crippen molar-refractivity contribution in [3.8, 4) is 0 Å². The van der Waals surface area contributed by atoms with Gasteiger partial charge in [0.05, 0.1) is 40.2 Å². The van der Waals surface area contributed by atoms with E-state index in [1.54, 1.807) is 0 Å². The largest absolute Gasteiger partial charge is 0.465 e. The van der Waals surface area contributed by atoms with E-state index in [2.05, 4.69) is 34.9 Å². The lowest BCUT2D eigenvalue weighted by atomic mass is 10.0. The highest BCUT2D eigenvalue weighted by molar-refractivity contribution is 5.69. The number of nitrogens with zero attached hydrogens (tertiary/aromatic N) is 1. The Morgan fingerprint density at radius 2 is 1.06 bits per heavy atom. The predicted octanol–water partition coefficient (Wildman–Crippen LogP) is 9.47. The highest BCUT2D eigenvalue weighted by Crippen LogP contribution is 2.15. The maximum atomic E-state index is 12.2. The molecule has 204 valence electrons. The Hall–Kier alpha value is -0.570. The fourth-order valence-electron chi connectivity index (χ4n) is 4.77. The molecule has 34 heavy (non-hydrogen) atoms. The van der Waals surface area contributed by atoms with Crippen LogP contribution in [0.3, 0.4) is 0 Å². The molecule has 0 bridgehead atoms. The molecule has 0 radical (unpaired) electrons. The molecule has 0 N–H and O–H groups in total. The van der Waals surface area contributed by atoms with Gasteiger partial charge in [0.1, 0.15) is 0 Å². The number of carbonyl (C=O) groups is 1. The van der Waals surface area contributed by atoms with Crippen LogP contribution in [0.25, 0.3) is 0 Å². The second-order valence-corrected chi connectivity index (χ2v) is 11.5. The van der Waals surface area contributed by atoms with E-state index in [0.29, 0.717) is 18.9 Å². The zero-order valence-corrected chi connectivity index (χ0v) is 24.3. The van der Waals surface area contributed by atoms with Gasteiger partial charge in [-0.1, -0.05) is 130 Å². The first-order chi connectivity index (χ1) is 16.4. The van der Waals surface area contributed by atoms with Gasteiger partial charge in [0, 0.05) is 0 Å². The van der Waals surface area contributed by atoms with Crippen LogP contribution in [0.4, 0.5) is 0 Å². The van der Waals surface area contributed by atoms with Gasteiger partial charge in [-0.05, 0) is 25.2 Å². The van der Waals surface area contributed by atoms with Crippen LogP contribution in [0.15, 0.2) is 0 Å². The zero-order chi connectivity index (χ0) is 25.3. The summed E-state index contributed by atoms with van der Waals surface area (Å²) in [6, 6.07) is 0. The van der Waals surface area contributed by atoms with Crippen molar-refractivity contribution in [1.82, 2.24) is 0 Å². The molecule has 0 aliphatic rings. The third-order valence-electron chi connectivity index (χ3n) is 7.56. The van der Waals surface area contributed by atoms with Crippen LogP contribution < -0.4 is 0 Å². The lowest BCUT2D eigenvalue weighted by molar-refractivity contribution is -0.890. The summed E-state index contributed by atoms with van der Waals surface area (Å²) in [7, 11) is 4.52. The van der Waals surface area contributed by atoms with E-state index in [1.807, 2.05) is 0 Å². The molecule has 0 aliphatic heterocycles. The highest BCUT2D eigenvalue weighted by atomic mass is 16.5. The molecule has 3 nitrogen and oxygen atoms in total. The van der Waals surface area contributed by atoms with E-state index in [-0.39, 0.29) is 5.97 Å². The Labute approximate surface area is 215 Å². The van der Waals surface area contributed by atoms with Crippen molar-refractivity contribution < 1.29 is 14.0 Å². The Kier molecular flexibility index (Phi) is 23.7. The van der Waals surface area contributed by atoms with E-state index in [1.165, 1.54) is 129 Å². The second kappa shape index (κ2) is 24.1. The molecule has 0 fully saturated rings. The summed E-state index contributed by atoms with van der Waals surface area (Å²) in [5, 5.41) is 0. The van der Waals surface area contributed by atoms with Gasteiger partial charge in [-0.2, -0.15) is 0 Å². The molecule has 0 saturated heterocycles. The topological polar surface area (TPSA) is 26.3 Å². The SMILES string of the molecule is CCCCCCCCCCCCCCCCCC[N+](C)(C)CCC(=O)OCC(CC)CCCC. The molecule has 1 unspecified atom stereocenters. The molecule has 0 saturated carbocycles. The highest BCUT2D eigenvalue weighted by Gasteiger charge is 2.18. The summed E-state index contributed by atoms with van der Waals surface area (Å²) in [5.41, 5.74) is 0. The molecule has 0 heterocycles. The van der Waals surface area contributed by atoms with Crippen LogP contribution in [0.5, 0.6) is 0 Å². The molecule has 0 aromatic carbocycles.